The second-order valence-corrected chi connectivity index (χ2v) is 6.44. The smallest absolute Gasteiger partial charge is 0.315 e. The van der Waals surface area contributed by atoms with Crippen LogP contribution in [0.15, 0.2) is 18.2 Å². The summed E-state index contributed by atoms with van der Waals surface area (Å²) in [6, 6.07) is 4.42. The molecule has 0 radical (unpaired) electrons. The average Bonchev–Trinajstić information content (AvgIpc) is 2.45. The molecule has 0 fully saturated rings. The van der Waals surface area contributed by atoms with Gasteiger partial charge in [0.2, 0.25) is 0 Å². The third kappa shape index (κ3) is 4.17. The number of nitrogens with one attached hydrogen (secondary N) is 2. The van der Waals surface area contributed by atoms with E-state index >= 15 is 0 Å². The van der Waals surface area contributed by atoms with Crippen LogP contribution in [0.1, 0.15) is 43.9 Å². The molecule has 0 heterocycles. The molecular formula is C16H23FN2O2. The molecule has 1 unspecified atom stereocenters. The highest BCUT2D eigenvalue weighted by Crippen LogP contribution is 2.30. The van der Waals surface area contributed by atoms with Crippen LogP contribution in [0.4, 0.5) is 9.18 Å². The minimum atomic E-state index is -0.342. The van der Waals surface area contributed by atoms with E-state index in [9.17, 15) is 14.3 Å². The Morgan fingerprint density at radius 3 is 2.95 bits per heavy atom. The van der Waals surface area contributed by atoms with Crippen molar-refractivity contribution in [2.24, 2.45) is 5.41 Å². The molecule has 1 aliphatic carbocycles. The van der Waals surface area contributed by atoms with Crippen LogP contribution in [0, 0.1) is 11.2 Å². The van der Waals surface area contributed by atoms with Crippen molar-refractivity contribution >= 4 is 6.03 Å². The Hall–Kier alpha value is -1.62. The summed E-state index contributed by atoms with van der Waals surface area (Å²) < 4.78 is 13.3. The van der Waals surface area contributed by atoms with Crippen LogP contribution in [0.2, 0.25) is 0 Å². The van der Waals surface area contributed by atoms with Gasteiger partial charge in [-0.2, -0.15) is 0 Å². The predicted octanol–water partition coefficient (Wildman–Crippen LogP) is 2.52. The molecule has 0 bridgehead atoms. The van der Waals surface area contributed by atoms with Gasteiger partial charge >= 0.3 is 6.03 Å². The van der Waals surface area contributed by atoms with E-state index in [1.54, 1.807) is 12.1 Å². The van der Waals surface area contributed by atoms with E-state index < -0.39 is 0 Å². The zero-order valence-corrected chi connectivity index (χ0v) is 12.6. The van der Waals surface area contributed by atoms with Crippen molar-refractivity contribution in [2.45, 2.75) is 39.2 Å². The van der Waals surface area contributed by atoms with Crippen LogP contribution in [0.3, 0.4) is 0 Å². The number of aliphatic hydroxyl groups excluding tert-OH is 1. The van der Waals surface area contributed by atoms with Crippen molar-refractivity contribution < 1.29 is 14.3 Å². The number of halogens is 1. The Morgan fingerprint density at radius 2 is 2.24 bits per heavy atom. The highest BCUT2D eigenvalue weighted by Gasteiger charge is 2.23. The quantitative estimate of drug-likeness (QED) is 0.799. The summed E-state index contributed by atoms with van der Waals surface area (Å²) in [7, 11) is 0. The predicted molar refractivity (Wildman–Crippen MR) is 79.5 cm³/mol. The molecule has 116 valence electrons. The normalized spacial score (nSPS) is 18.0. The van der Waals surface area contributed by atoms with Gasteiger partial charge in [0, 0.05) is 18.6 Å². The molecule has 0 aliphatic heterocycles. The van der Waals surface area contributed by atoms with Gasteiger partial charge in [0.1, 0.15) is 5.82 Å². The van der Waals surface area contributed by atoms with Crippen molar-refractivity contribution in [2.75, 3.05) is 13.2 Å². The topological polar surface area (TPSA) is 61.4 Å². The first kappa shape index (κ1) is 15.8. The number of hydrogen-bond acceptors (Lipinski definition) is 2. The number of amides is 2. The molecule has 0 aromatic heterocycles. The third-order valence-corrected chi connectivity index (χ3v) is 3.88. The number of urea groups is 1. The largest absolute Gasteiger partial charge is 0.396 e. The number of rotatable bonds is 4. The fourth-order valence-electron chi connectivity index (χ4n) is 2.52. The molecule has 0 spiro atoms. The van der Waals surface area contributed by atoms with Crippen molar-refractivity contribution in [3.05, 3.63) is 35.1 Å². The summed E-state index contributed by atoms with van der Waals surface area (Å²) in [6.07, 6.45) is 2.64. The molecule has 1 aromatic rings. The maximum Gasteiger partial charge on any atom is 0.315 e. The van der Waals surface area contributed by atoms with Crippen molar-refractivity contribution in [3.63, 3.8) is 0 Å². The number of carbonyl (C=O) groups excluding carboxylic acids is 1. The summed E-state index contributed by atoms with van der Waals surface area (Å²) in [6.45, 7) is 4.18. The lowest BCUT2D eigenvalue weighted by Crippen LogP contribution is -2.43. The molecule has 1 aromatic carbocycles. The first-order valence-corrected chi connectivity index (χ1v) is 7.35. The summed E-state index contributed by atoms with van der Waals surface area (Å²) >= 11 is 0. The Bertz CT molecular complexity index is 517. The molecule has 2 rings (SSSR count). The lowest BCUT2D eigenvalue weighted by molar-refractivity contribution is 0.156. The molecule has 0 saturated carbocycles. The zero-order valence-electron chi connectivity index (χ0n) is 12.6. The Morgan fingerprint density at radius 1 is 1.48 bits per heavy atom. The maximum absolute atomic E-state index is 13.3. The third-order valence-electron chi connectivity index (χ3n) is 3.88. The van der Waals surface area contributed by atoms with Crippen molar-refractivity contribution in [1.29, 1.82) is 0 Å². The maximum atomic E-state index is 13.3. The van der Waals surface area contributed by atoms with E-state index in [4.69, 9.17) is 0 Å². The van der Waals surface area contributed by atoms with Gasteiger partial charge in [-0.15, -0.1) is 0 Å². The van der Waals surface area contributed by atoms with Gasteiger partial charge < -0.3 is 15.7 Å². The summed E-state index contributed by atoms with van der Waals surface area (Å²) in [4.78, 5) is 12.0. The summed E-state index contributed by atoms with van der Waals surface area (Å²) in [5.74, 6) is -0.233. The van der Waals surface area contributed by atoms with Gasteiger partial charge in [0.15, 0.2) is 0 Å². The highest BCUT2D eigenvalue weighted by molar-refractivity contribution is 5.74. The standard InChI is InChI=1S/C16H23FN2O2/c1-16(2,10-20)9-18-15(21)19-14-5-3-4-11-8-12(17)6-7-13(11)14/h6-8,14,20H,3-5,9-10H2,1-2H3,(H2,18,19,21). The number of carbonyl (C=O) groups is 1. The number of aliphatic hydroxyl groups is 1. The van der Waals surface area contributed by atoms with E-state index in [2.05, 4.69) is 10.6 Å². The molecule has 1 atom stereocenters. The Kier molecular flexibility index (Phi) is 4.83. The van der Waals surface area contributed by atoms with Crippen molar-refractivity contribution in [3.8, 4) is 0 Å². The van der Waals surface area contributed by atoms with Gasteiger partial charge in [-0.25, -0.2) is 9.18 Å². The Labute approximate surface area is 124 Å². The van der Waals surface area contributed by atoms with Crippen LogP contribution in [-0.4, -0.2) is 24.3 Å². The summed E-state index contributed by atoms with van der Waals surface area (Å²) in [5.41, 5.74) is 1.63. The number of fused-ring (bicyclic) bond motifs is 1. The van der Waals surface area contributed by atoms with Crippen LogP contribution in [-0.2, 0) is 6.42 Å². The molecular weight excluding hydrogens is 271 g/mol. The minimum absolute atomic E-state index is 0.0127. The second kappa shape index (κ2) is 6.43. The molecule has 0 saturated heterocycles. The van der Waals surface area contributed by atoms with Crippen molar-refractivity contribution in [1.82, 2.24) is 10.6 Å². The van der Waals surface area contributed by atoms with Crippen LogP contribution < -0.4 is 10.6 Å². The van der Waals surface area contributed by atoms with Gasteiger partial charge in [-0.3, -0.25) is 0 Å². The van der Waals surface area contributed by atoms with Gasteiger partial charge in [-0.05, 0) is 42.5 Å². The fraction of sp³-hybridized carbons (Fsp3) is 0.562. The second-order valence-electron chi connectivity index (χ2n) is 6.44. The number of hydrogen-bond donors (Lipinski definition) is 3. The average molecular weight is 294 g/mol. The molecule has 3 N–H and O–H groups in total. The monoisotopic (exact) mass is 294 g/mol. The molecule has 21 heavy (non-hydrogen) atoms. The van der Waals surface area contributed by atoms with Gasteiger partial charge in [-0.1, -0.05) is 19.9 Å². The van der Waals surface area contributed by atoms with Crippen LogP contribution in [0.5, 0.6) is 0 Å². The molecule has 1 aliphatic rings. The van der Waals surface area contributed by atoms with E-state index in [1.807, 2.05) is 13.8 Å². The Balaban J connectivity index is 1.97. The first-order valence-electron chi connectivity index (χ1n) is 7.35. The zero-order chi connectivity index (χ0) is 15.5. The highest BCUT2D eigenvalue weighted by atomic mass is 19.1. The first-order chi connectivity index (χ1) is 9.91. The lowest BCUT2D eigenvalue weighted by Gasteiger charge is -2.28. The lowest BCUT2D eigenvalue weighted by atomic mass is 9.87. The van der Waals surface area contributed by atoms with Gasteiger partial charge in [0.05, 0.1) is 6.04 Å². The minimum Gasteiger partial charge on any atom is -0.396 e. The fourth-order valence-corrected chi connectivity index (χ4v) is 2.52. The van der Waals surface area contributed by atoms with E-state index in [0.717, 1.165) is 30.4 Å². The molecule has 2 amide bonds. The molecule has 4 nitrogen and oxygen atoms in total. The van der Waals surface area contributed by atoms with E-state index in [-0.39, 0.29) is 29.9 Å². The summed E-state index contributed by atoms with van der Waals surface area (Å²) in [5, 5.41) is 14.9. The SMILES string of the molecule is CC(C)(CO)CNC(=O)NC1CCCc2cc(F)ccc21. The van der Waals surface area contributed by atoms with E-state index in [1.165, 1.54) is 6.07 Å². The molecule has 5 heteroatoms. The number of benzene rings is 1. The van der Waals surface area contributed by atoms with Gasteiger partial charge in [0.25, 0.3) is 0 Å². The van der Waals surface area contributed by atoms with Crippen LogP contribution >= 0.6 is 0 Å². The van der Waals surface area contributed by atoms with Crippen LogP contribution in [0.25, 0.3) is 0 Å². The number of aryl methyl sites for hydroxylation is 1. The van der Waals surface area contributed by atoms with E-state index in [0.29, 0.717) is 6.54 Å².